The van der Waals surface area contributed by atoms with Crippen molar-refractivity contribution in [3.63, 3.8) is 0 Å². The average molecular weight is 689 g/mol. The van der Waals surface area contributed by atoms with Crippen LogP contribution in [0.3, 0.4) is 0 Å². The van der Waals surface area contributed by atoms with E-state index in [0.717, 1.165) is 0 Å². The third-order valence-corrected chi connectivity index (χ3v) is 5.23. The Hall–Kier alpha value is -3.25. The minimum atomic E-state index is -3.34. The summed E-state index contributed by atoms with van der Waals surface area (Å²) in [5.74, 6) is 0. The quantitative estimate of drug-likeness (QED) is 0.210. The molecule has 0 amide bonds. The van der Waals surface area contributed by atoms with Crippen molar-refractivity contribution in [1.29, 1.82) is 0 Å². The molecule has 4 aromatic rings. The molecule has 4 rings (SSSR count). The van der Waals surface area contributed by atoms with E-state index in [1.54, 1.807) is 89.1 Å². The Labute approximate surface area is 300 Å². The first-order chi connectivity index (χ1) is 23.0. The van der Waals surface area contributed by atoms with E-state index in [0.29, 0.717) is 15.2 Å². The van der Waals surface area contributed by atoms with Gasteiger partial charge in [-0.05, 0) is 29.7 Å². The van der Waals surface area contributed by atoms with Gasteiger partial charge in [0.15, 0.2) is 0 Å². The van der Waals surface area contributed by atoms with Crippen molar-refractivity contribution in [2.24, 2.45) is 5.41 Å². The van der Waals surface area contributed by atoms with Crippen LogP contribution in [0.2, 0.25) is 0 Å². The Bertz CT molecular complexity index is 943. The topological polar surface area (TPSA) is 52.6 Å². The van der Waals surface area contributed by atoms with Gasteiger partial charge in [-0.1, -0.05) is 206 Å². The number of methoxy groups -OCH3 is 2. The molecule has 0 aromatic heterocycles. The zero-order chi connectivity index (χ0) is 39.1. The van der Waals surface area contributed by atoms with Crippen LogP contribution >= 0.6 is 0 Å². The molecule has 4 nitrogen and oxygen atoms in total. The van der Waals surface area contributed by atoms with Crippen LogP contribution < -0.4 is 0 Å². The summed E-state index contributed by atoms with van der Waals surface area (Å²) >= 11 is 0. The van der Waals surface area contributed by atoms with Crippen LogP contribution in [0.25, 0.3) is 0 Å². The zero-order valence-electron chi connectivity index (χ0n) is 34.2. The fraction of sp³-hybridized carbons (Fsp3) is 0.442. The highest BCUT2D eigenvalue weighted by Gasteiger charge is 2.15. The van der Waals surface area contributed by atoms with Crippen molar-refractivity contribution in [3.05, 3.63) is 133 Å². The first kappa shape index (κ1) is 60.1. The lowest BCUT2D eigenvalue weighted by Gasteiger charge is -2.05. The van der Waals surface area contributed by atoms with Crippen molar-refractivity contribution < 1.29 is 17.9 Å². The molecule has 0 saturated carbocycles. The van der Waals surface area contributed by atoms with Crippen molar-refractivity contribution in [1.82, 2.24) is 0 Å². The lowest BCUT2D eigenvalue weighted by Crippen LogP contribution is -2.00. The smallest absolute Gasteiger partial charge is 0.206 e. The SMILES string of the molecule is CC.CC.CC.CC.CC.CC(C)(C)C.COC.COC.O=S(=O)(c1ccccc1)c1ccccc1.c1ccccc1.c1ccccc1. The van der Waals surface area contributed by atoms with Crippen LogP contribution in [-0.4, -0.2) is 36.9 Å². The monoisotopic (exact) mass is 689 g/mol. The van der Waals surface area contributed by atoms with E-state index in [-0.39, 0.29) is 0 Å². The Morgan fingerprint density at radius 1 is 0.354 bits per heavy atom. The van der Waals surface area contributed by atoms with E-state index in [1.165, 1.54) is 0 Å². The maximum atomic E-state index is 12.0. The summed E-state index contributed by atoms with van der Waals surface area (Å²) in [5.41, 5.74) is 0.500. The van der Waals surface area contributed by atoms with E-state index in [2.05, 4.69) is 37.2 Å². The van der Waals surface area contributed by atoms with E-state index >= 15 is 0 Å². The average Bonchev–Trinajstić information content (AvgIpc) is 3.15. The predicted octanol–water partition coefficient (Wildman–Crippen LogP) is 13.6. The Balaban J connectivity index is -0.0000000870. The minimum absolute atomic E-state index is 0.330. The molecule has 4 aromatic carbocycles. The van der Waals surface area contributed by atoms with Crippen molar-refractivity contribution >= 4 is 9.84 Å². The van der Waals surface area contributed by atoms with Crippen LogP contribution in [-0.2, 0) is 19.3 Å². The highest BCUT2D eigenvalue weighted by Crippen LogP contribution is 2.19. The number of sulfone groups is 1. The molecule has 0 aliphatic heterocycles. The Kier molecular flexibility index (Phi) is 66.7. The molecule has 278 valence electrons. The number of ether oxygens (including phenoxy) is 2. The predicted molar refractivity (Wildman–Crippen MR) is 219 cm³/mol. The maximum absolute atomic E-state index is 12.0. The lowest BCUT2D eigenvalue weighted by molar-refractivity contribution is 0.277. The van der Waals surface area contributed by atoms with Gasteiger partial charge in [-0.2, -0.15) is 0 Å². The third kappa shape index (κ3) is 55.2. The first-order valence-corrected chi connectivity index (χ1v) is 18.7. The fourth-order valence-electron chi connectivity index (χ4n) is 2.11. The third-order valence-electron chi connectivity index (χ3n) is 3.44. The number of rotatable bonds is 2. The molecule has 0 aliphatic rings. The minimum Gasteiger partial charge on any atom is -0.388 e. The van der Waals surface area contributed by atoms with Crippen LogP contribution in [0.5, 0.6) is 0 Å². The number of hydrogen-bond acceptors (Lipinski definition) is 4. The molecule has 0 heterocycles. The molecule has 0 radical (unpaired) electrons. The number of hydrogen-bond donors (Lipinski definition) is 0. The molecular formula is C43H76O4S. The van der Waals surface area contributed by atoms with Gasteiger partial charge in [0.2, 0.25) is 9.84 Å². The molecule has 0 N–H and O–H groups in total. The van der Waals surface area contributed by atoms with Gasteiger partial charge in [-0.15, -0.1) is 0 Å². The van der Waals surface area contributed by atoms with Gasteiger partial charge >= 0.3 is 0 Å². The molecule has 0 atom stereocenters. The Morgan fingerprint density at radius 2 is 0.458 bits per heavy atom. The van der Waals surface area contributed by atoms with E-state index < -0.39 is 9.84 Å². The molecule has 0 unspecified atom stereocenters. The van der Waals surface area contributed by atoms with E-state index in [1.807, 2.05) is 142 Å². The van der Waals surface area contributed by atoms with Gasteiger partial charge in [0.1, 0.15) is 0 Å². The van der Waals surface area contributed by atoms with E-state index in [4.69, 9.17) is 0 Å². The summed E-state index contributed by atoms with van der Waals surface area (Å²) in [4.78, 5) is 0.660. The van der Waals surface area contributed by atoms with Gasteiger partial charge in [0.05, 0.1) is 9.79 Å². The molecule has 0 spiro atoms. The molecule has 0 fully saturated rings. The van der Waals surface area contributed by atoms with Crippen molar-refractivity contribution in [2.75, 3.05) is 28.4 Å². The molecule has 0 saturated heterocycles. The van der Waals surface area contributed by atoms with Crippen LogP contribution in [0.4, 0.5) is 0 Å². The number of benzene rings is 4. The van der Waals surface area contributed by atoms with Crippen LogP contribution in [0, 0.1) is 5.41 Å². The summed E-state index contributed by atoms with van der Waals surface area (Å²) in [6, 6.07) is 40.9. The normalized spacial score (nSPS) is 8.12. The molecule has 0 aliphatic carbocycles. The summed E-state index contributed by atoms with van der Waals surface area (Å²) < 4.78 is 32.6. The summed E-state index contributed by atoms with van der Waals surface area (Å²) in [6.45, 7) is 28.8. The first-order valence-electron chi connectivity index (χ1n) is 17.2. The highest BCUT2D eigenvalue weighted by molar-refractivity contribution is 7.91. The van der Waals surface area contributed by atoms with Crippen LogP contribution in [0.15, 0.2) is 143 Å². The lowest BCUT2D eigenvalue weighted by atomic mass is 10.0. The van der Waals surface area contributed by atoms with Crippen molar-refractivity contribution in [2.45, 2.75) is 107 Å². The Morgan fingerprint density at radius 3 is 0.583 bits per heavy atom. The molecular weight excluding hydrogens is 613 g/mol. The van der Waals surface area contributed by atoms with Crippen LogP contribution in [0.1, 0.15) is 96.9 Å². The summed E-state index contributed by atoms with van der Waals surface area (Å²) in [6.07, 6.45) is 0. The van der Waals surface area contributed by atoms with Crippen molar-refractivity contribution in [3.8, 4) is 0 Å². The maximum Gasteiger partial charge on any atom is 0.206 e. The van der Waals surface area contributed by atoms with Gasteiger partial charge in [0, 0.05) is 28.4 Å². The standard InChI is InChI=1S/C12H10O2S.2C6H6.C5H12.2C2H6O.5C2H6/c13-15(14,11-7-3-1-4-8-11)12-9-5-2-6-10-12;2*1-2-4-6-5-3-1;1-5(2,3)4;2*1-3-2;5*1-2/h1-10H;2*1-6H;1-4H3;2*1-2H3;5*1-2H3. The second-order valence-corrected chi connectivity index (χ2v) is 11.2. The fourth-order valence-corrected chi connectivity index (χ4v) is 3.41. The molecule has 0 bridgehead atoms. The summed E-state index contributed by atoms with van der Waals surface area (Å²) in [7, 11) is 3.16. The molecule has 48 heavy (non-hydrogen) atoms. The van der Waals surface area contributed by atoms with Gasteiger partial charge in [-0.25, -0.2) is 8.42 Å². The second kappa shape index (κ2) is 53.2. The second-order valence-electron chi connectivity index (χ2n) is 9.26. The largest absolute Gasteiger partial charge is 0.388 e. The zero-order valence-corrected chi connectivity index (χ0v) is 35.1. The van der Waals surface area contributed by atoms with E-state index in [9.17, 15) is 8.42 Å². The highest BCUT2D eigenvalue weighted by atomic mass is 32.2. The summed E-state index contributed by atoms with van der Waals surface area (Å²) in [5, 5.41) is 0. The van der Waals surface area contributed by atoms with Gasteiger partial charge < -0.3 is 9.47 Å². The van der Waals surface area contributed by atoms with Gasteiger partial charge in [-0.3, -0.25) is 0 Å². The molecule has 5 heteroatoms. The van der Waals surface area contributed by atoms with Gasteiger partial charge in [0.25, 0.3) is 0 Å².